The molecule has 0 radical (unpaired) electrons. The molecule has 0 spiro atoms. The molecular formula is C19H17BrN4O2. The fourth-order valence-corrected chi connectivity index (χ4v) is 3.43. The third-order valence-corrected chi connectivity index (χ3v) is 5.47. The normalized spacial score (nSPS) is 17.1. The number of halogens is 1. The highest BCUT2D eigenvalue weighted by atomic mass is 79.9. The van der Waals surface area contributed by atoms with Crippen LogP contribution < -0.4 is 15.8 Å². The van der Waals surface area contributed by atoms with Crippen LogP contribution in [0.1, 0.15) is 12.0 Å². The molecule has 2 N–H and O–H groups in total. The smallest absolute Gasteiger partial charge is 0.260 e. The first-order valence-electron chi connectivity index (χ1n) is 8.36. The molecule has 132 valence electrons. The summed E-state index contributed by atoms with van der Waals surface area (Å²) >= 11 is 3.48. The summed E-state index contributed by atoms with van der Waals surface area (Å²) < 4.78 is 1.01. The number of H-pyrrole nitrogens is 1. The Bertz CT molecular complexity index is 1060. The van der Waals surface area contributed by atoms with E-state index in [0.717, 1.165) is 15.7 Å². The Hall–Kier alpha value is -2.67. The van der Waals surface area contributed by atoms with Crippen LogP contribution in [0, 0.1) is 6.92 Å². The van der Waals surface area contributed by atoms with E-state index in [1.807, 2.05) is 31.2 Å². The summed E-state index contributed by atoms with van der Waals surface area (Å²) in [6.45, 7) is 2.61. The first kappa shape index (κ1) is 16.8. The molecule has 26 heavy (non-hydrogen) atoms. The lowest BCUT2D eigenvalue weighted by atomic mass is 10.2. The molecular weight excluding hydrogens is 396 g/mol. The number of amides is 1. The number of hydrogen-bond acceptors (Lipinski definition) is 4. The number of nitrogens with zero attached hydrogens (tertiary/aromatic N) is 2. The molecule has 1 aliphatic rings. The Morgan fingerprint density at radius 3 is 2.85 bits per heavy atom. The molecule has 0 aliphatic carbocycles. The fraction of sp³-hybridized carbons (Fsp3) is 0.211. The highest BCUT2D eigenvalue weighted by molar-refractivity contribution is 9.10. The van der Waals surface area contributed by atoms with Gasteiger partial charge in [0.2, 0.25) is 11.9 Å². The maximum atomic E-state index is 12.8. The zero-order valence-electron chi connectivity index (χ0n) is 14.1. The number of carbonyl (C=O) groups excluding carboxylic acids is 1. The number of hydrogen-bond donors (Lipinski definition) is 2. The average Bonchev–Trinajstić information content (AvgIpc) is 2.98. The molecule has 6 nitrogen and oxygen atoms in total. The largest absolute Gasteiger partial charge is 0.344 e. The van der Waals surface area contributed by atoms with E-state index < -0.39 is 6.04 Å². The third kappa shape index (κ3) is 2.99. The van der Waals surface area contributed by atoms with Crippen molar-refractivity contribution < 1.29 is 4.79 Å². The summed E-state index contributed by atoms with van der Waals surface area (Å²) in [5, 5.41) is 3.61. The molecule has 1 aliphatic heterocycles. The lowest BCUT2D eigenvalue weighted by molar-refractivity contribution is -0.117. The van der Waals surface area contributed by atoms with Crippen LogP contribution in [0.2, 0.25) is 0 Å². The van der Waals surface area contributed by atoms with Crippen molar-refractivity contribution in [2.45, 2.75) is 19.4 Å². The van der Waals surface area contributed by atoms with Gasteiger partial charge in [0.15, 0.2) is 0 Å². The van der Waals surface area contributed by atoms with E-state index >= 15 is 0 Å². The van der Waals surface area contributed by atoms with Crippen LogP contribution in [0.4, 0.5) is 11.6 Å². The summed E-state index contributed by atoms with van der Waals surface area (Å²) in [5.74, 6) is 0.295. The van der Waals surface area contributed by atoms with Gasteiger partial charge in [0.05, 0.1) is 10.9 Å². The molecule has 4 rings (SSSR count). The highest BCUT2D eigenvalue weighted by Crippen LogP contribution is 2.27. The van der Waals surface area contributed by atoms with Crippen molar-refractivity contribution in [1.29, 1.82) is 0 Å². The summed E-state index contributed by atoms with van der Waals surface area (Å²) in [7, 11) is 0. The van der Waals surface area contributed by atoms with Gasteiger partial charge in [-0.1, -0.05) is 28.1 Å². The van der Waals surface area contributed by atoms with Crippen molar-refractivity contribution in [3.8, 4) is 0 Å². The van der Waals surface area contributed by atoms with Crippen molar-refractivity contribution in [2.24, 2.45) is 0 Å². The Kier molecular flexibility index (Phi) is 4.24. The Morgan fingerprint density at radius 2 is 2.04 bits per heavy atom. The predicted octanol–water partition coefficient (Wildman–Crippen LogP) is 3.21. The van der Waals surface area contributed by atoms with Crippen molar-refractivity contribution in [3.05, 3.63) is 62.9 Å². The first-order chi connectivity index (χ1) is 12.5. The molecule has 1 atom stereocenters. The zero-order chi connectivity index (χ0) is 18.3. The van der Waals surface area contributed by atoms with Crippen molar-refractivity contribution >= 4 is 44.4 Å². The summed E-state index contributed by atoms with van der Waals surface area (Å²) in [6.07, 6.45) is 0.643. The topological polar surface area (TPSA) is 78.1 Å². The number of para-hydroxylation sites is 1. The van der Waals surface area contributed by atoms with Gasteiger partial charge in [-0.2, -0.15) is 0 Å². The number of fused-ring (bicyclic) bond motifs is 1. The van der Waals surface area contributed by atoms with Crippen molar-refractivity contribution in [2.75, 3.05) is 16.8 Å². The number of nitrogens with one attached hydrogen (secondary N) is 2. The molecule has 0 bridgehead atoms. The van der Waals surface area contributed by atoms with E-state index in [4.69, 9.17) is 0 Å². The molecule has 1 aromatic heterocycles. The summed E-state index contributed by atoms with van der Waals surface area (Å²) in [4.78, 5) is 33.8. The molecule has 7 heteroatoms. The van der Waals surface area contributed by atoms with Gasteiger partial charge in [-0.3, -0.25) is 14.6 Å². The maximum Gasteiger partial charge on any atom is 0.260 e. The van der Waals surface area contributed by atoms with E-state index in [0.29, 0.717) is 29.8 Å². The zero-order valence-corrected chi connectivity index (χ0v) is 15.7. The van der Waals surface area contributed by atoms with Gasteiger partial charge in [-0.05, 0) is 49.2 Å². The maximum absolute atomic E-state index is 12.8. The minimum absolute atomic E-state index is 0.0254. The van der Waals surface area contributed by atoms with Crippen LogP contribution in [-0.4, -0.2) is 28.5 Å². The summed E-state index contributed by atoms with van der Waals surface area (Å²) in [6, 6.07) is 12.6. The van der Waals surface area contributed by atoms with E-state index in [2.05, 4.69) is 31.2 Å². The molecule has 0 saturated carbocycles. The number of aryl methyl sites for hydroxylation is 1. The lowest BCUT2D eigenvalue weighted by Crippen LogP contribution is -2.34. The second-order valence-electron chi connectivity index (χ2n) is 6.34. The molecule has 1 amide bonds. The van der Waals surface area contributed by atoms with Gasteiger partial charge < -0.3 is 10.2 Å². The molecule has 2 heterocycles. The number of aromatic amines is 1. The predicted molar refractivity (Wildman–Crippen MR) is 106 cm³/mol. The Morgan fingerprint density at radius 1 is 1.23 bits per heavy atom. The number of rotatable bonds is 3. The summed E-state index contributed by atoms with van der Waals surface area (Å²) in [5.41, 5.74) is 2.33. The molecule has 3 aromatic rings. The third-order valence-electron chi connectivity index (χ3n) is 4.58. The number of anilines is 2. The van der Waals surface area contributed by atoms with Gasteiger partial charge in [0.25, 0.3) is 5.56 Å². The van der Waals surface area contributed by atoms with Crippen LogP contribution in [0.15, 0.2) is 51.7 Å². The van der Waals surface area contributed by atoms with E-state index in [1.165, 1.54) is 0 Å². The van der Waals surface area contributed by atoms with Gasteiger partial charge in [-0.25, -0.2) is 4.98 Å². The quantitative estimate of drug-likeness (QED) is 0.692. The number of benzene rings is 2. The molecule has 1 fully saturated rings. The Labute approximate surface area is 158 Å². The van der Waals surface area contributed by atoms with Crippen LogP contribution in [0.3, 0.4) is 0 Å². The molecule has 2 aromatic carbocycles. The van der Waals surface area contributed by atoms with Crippen LogP contribution in [0.25, 0.3) is 10.9 Å². The minimum atomic E-state index is -0.414. The monoisotopic (exact) mass is 412 g/mol. The average molecular weight is 413 g/mol. The molecule has 1 saturated heterocycles. The van der Waals surface area contributed by atoms with Gasteiger partial charge in [0, 0.05) is 16.7 Å². The standard InChI is InChI=1S/C19H17BrN4O2/c1-11-10-12(6-7-14(11)20)24-9-8-16(18(24)26)22-19-21-15-5-3-2-4-13(15)17(25)23-19/h2-7,10,16H,8-9H2,1H3,(H2,21,22,23,25). The van der Waals surface area contributed by atoms with Crippen LogP contribution >= 0.6 is 15.9 Å². The van der Waals surface area contributed by atoms with E-state index in [9.17, 15) is 9.59 Å². The van der Waals surface area contributed by atoms with Gasteiger partial charge >= 0.3 is 0 Å². The van der Waals surface area contributed by atoms with E-state index in [1.54, 1.807) is 23.1 Å². The lowest BCUT2D eigenvalue weighted by Gasteiger charge is -2.18. The van der Waals surface area contributed by atoms with E-state index in [-0.39, 0.29) is 11.5 Å². The van der Waals surface area contributed by atoms with Crippen LogP contribution in [0.5, 0.6) is 0 Å². The minimum Gasteiger partial charge on any atom is -0.344 e. The number of aromatic nitrogens is 2. The van der Waals surface area contributed by atoms with Crippen LogP contribution in [-0.2, 0) is 4.79 Å². The van der Waals surface area contributed by atoms with Crippen molar-refractivity contribution in [3.63, 3.8) is 0 Å². The fourth-order valence-electron chi connectivity index (χ4n) is 3.19. The second-order valence-corrected chi connectivity index (χ2v) is 7.19. The Balaban J connectivity index is 1.57. The highest BCUT2D eigenvalue weighted by Gasteiger charge is 2.33. The number of carbonyl (C=O) groups is 1. The van der Waals surface area contributed by atoms with Gasteiger partial charge in [0.1, 0.15) is 6.04 Å². The van der Waals surface area contributed by atoms with Gasteiger partial charge in [-0.15, -0.1) is 0 Å². The van der Waals surface area contributed by atoms with Crippen molar-refractivity contribution in [1.82, 2.24) is 9.97 Å². The first-order valence-corrected chi connectivity index (χ1v) is 9.15. The SMILES string of the molecule is Cc1cc(N2CCC(Nc3nc4ccccc4c(=O)[nH]3)C2=O)ccc1Br. The second kappa shape index (κ2) is 6.57. The molecule has 1 unspecified atom stereocenters.